The van der Waals surface area contributed by atoms with Gasteiger partial charge in [0.2, 0.25) is 0 Å². The van der Waals surface area contributed by atoms with Crippen LogP contribution < -0.4 is 5.56 Å². The maximum Gasteiger partial charge on any atom is 0.250 e. The predicted octanol–water partition coefficient (Wildman–Crippen LogP) is 4.14. The van der Waals surface area contributed by atoms with Crippen LogP contribution in [0.4, 0.5) is 0 Å². The fourth-order valence-electron chi connectivity index (χ4n) is 2.62. The third-order valence-electron chi connectivity index (χ3n) is 3.50. The Balaban J connectivity index is 2.98. The van der Waals surface area contributed by atoms with Gasteiger partial charge in [-0.15, -0.1) is 0 Å². The molecule has 0 fully saturated rings. The average molecular weight is 314 g/mol. The van der Waals surface area contributed by atoms with Crippen molar-refractivity contribution in [3.05, 3.63) is 34.2 Å². The van der Waals surface area contributed by atoms with E-state index in [2.05, 4.69) is 29.8 Å². The fourth-order valence-corrected chi connectivity index (χ4v) is 3.36. The third-order valence-corrected chi connectivity index (χ3v) is 4.69. The first kappa shape index (κ1) is 15.5. The topological polar surface area (TPSA) is 22.0 Å². The Bertz CT molecular complexity index is 419. The van der Waals surface area contributed by atoms with Crippen LogP contribution in [-0.2, 0) is 6.54 Å². The molecule has 0 atom stereocenters. The van der Waals surface area contributed by atoms with Crippen LogP contribution in [0.3, 0.4) is 0 Å². The summed E-state index contributed by atoms with van der Waals surface area (Å²) in [6, 6.07) is 3.73. The molecule has 0 bridgehead atoms. The zero-order valence-corrected chi connectivity index (χ0v) is 13.3. The number of pyridine rings is 1. The number of hydrogen-bond donors (Lipinski definition) is 0. The van der Waals surface area contributed by atoms with Crippen LogP contribution >= 0.6 is 15.9 Å². The summed E-state index contributed by atoms with van der Waals surface area (Å²) in [7, 11) is 0. The lowest BCUT2D eigenvalue weighted by atomic mass is 9.81. The van der Waals surface area contributed by atoms with Gasteiger partial charge in [0.05, 0.1) is 0 Å². The van der Waals surface area contributed by atoms with Gasteiger partial charge in [-0.3, -0.25) is 4.79 Å². The Morgan fingerprint density at radius 2 is 1.89 bits per heavy atom. The van der Waals surface area contributed by atoms with Gasteiger partial charge in [0.25, 0.3) is 5.56 Å². The van der Waals surface area contributed by atoms with E-state index in [9.17, 15) is 4.79 Å². The zero-order chi connectivity index (χ0) is 13.6. The van der Waals surface area contributed by atoms with Gasteiger partial charge in [-0.2, -0.15) is 0 Å². The van der Waals surface area contributed by atoms with E-state index in [0.717, 1.165) is 43.1 Å². The molecule has 0 aliphatic carbocycles. The van der Waals surface area contributed by atoms with E-state index in [0.29, 0.717) is 0 Å². The van der Waals surface area contributed by atoms with Crippen molar-refractivity contribution in [1.82, 2.24) is 4.57 Å². The van der Waals surface area contributed by atoms with Gasteiger partial charge < -0.3 is 4.57 Å². The van der Waals surface area contributed by atoms with Gasteiger partial charge in [-0.05, 0) is 36.8 Å². The maximum atomic E-state index is 12.0. The first-order chi connectivity index (χ1) is 8.56. The van der Waals surface area contributed by atoms with E-state index >= 15 is 0 Å². The molecule has 18 heavy (non-hydrogen) atoms. The largest absolute Gasteiger partial charge is 0.315 e. The molecule has 1 aromatic rings. The van der Waals surface area contributed by atoms with Crippen molar-refractivity contribution in [2.75, 3.05) is 5.33 Å². The molecule has 0 N–H and O–H groups in total. The molecule has 0 aromatic carbocycles. The van der Waals surface area contributed by atoms with Crippen molar-refractivity contribution in [2.45, 2.75) is 53.0 Å². The van der Waals surface area contributed by atoms with Gasteiger partial charge >= 0.3 is 0 Å². The number of hydrogen-bond acceptors (Lipinski definition) is 1. The lowest BCUT2D eigenvalue weighted by Gasteiger charge is -2.32. The lowest BCUT2D eigenvalue weighted by molar-refractivity contribution is 0.230. The highest BCUT2D eigenvalue weighted by Gasteiger charge is 2.27. The number of aromatic nitrogens is 1. The number of halogens is 1. The van der Waals surface area contributed by atoms with Crippen LogP contribution in [0, 0.1) is 12.3 Å². The van der Waals surface area contributed by atoms with Crippen molar-refractivity contribution >= 4 is 15.9 Å². The Kier molecular flexibility index (Phi) is 6.13. The minimum Gasteiger partial charge on any atom is -0.315 e. The molecular weight excluding hydrogens is 290 g/mol. The predicted molar refractivity (Wildman–Crippen MR) is 81.5 cm³/mol. The normalized spacial score (nSPS) is 11.8. The van der Waals surface area contributed by atoms with Gasteiger partial charge in [-0.1, -0.05) is 42.6 Å². The van der Waals surface area contributed by atoms with Gasteiger partial charge in [-0.25, -0.2) is 0 Å². The van der Waals surface area contributed by atoms with Crippen LogP contribution in [0.2, 0.25) is 0 Å². The molecule has 0 saturated carbocycles. The number of aryl methyl sites for hydroxylation is 1. The molecule has 1 rings (SSSR count). The van der Waals surface area contributed by atoms with E-state index in [1.807, 2.05) is 23.8 Å². The van der Waals surface area contributed by atoms with Crippen LogP contribution in [0.5, 0.6) is 0 Å². The molecular formula is C15H24BrNO. The van der Waals surface area contributed by atoms with E-state index in [1.54, 1.807) is 6.07 Å². The van der Waals surface area contributed by atoms with Gasteiger partial charge in [0.15, 0.2) is 0 Å². The first-order valence-corrected chi connectivity index (χ1v) is 7.92. The molecule has 0 amide bonds. The Hall–Kier alpha value is -0.570. The molecule has 3 heteroatoms. The second kappa shape index (κ2) is 7.13. The number of nitrogens with zero attached hydrogens (tertiary/aromatic N) is 1. The summed E-state index contributed by atoms with van der Waals surface area (Å²) in [5.41, 5.74) is 1.36. The highest BCUT2D eigenvalue weighted by Crippen LogP contribution is 2.33. The van der Waals surface area contributed by atoms with E-state index in [-0.39, 0.29) is 11.0 Å². The zero-order valence-electron chi connectivity index (χ0n) is 11.7. The average Bonchev–Trinajstić information content (AvgIpc) is 2.33. The van der Waals surface area contributed by atoms with Crippen LogP contribution in [0.1, 0.15) is 45.1 Å². The van der Waals surface area contributed by atoms with E-state index < -0.39 is 0 Å². The fraction of sp³-hybridized carbons (Fsp3) is 0.667. The molecule has 1 heterocycles. The Labute approximate surface area is 119 Å². The number of rotatable bonds is 7. The van der Waals surface area contributed by atoms with Crippen molar-refractivity contribution in [3.63, 3.8) is 0 Å². The second-order valence-corrected chi connectivity index (χ2v) is 5.86. The summed E-state index contributed by atoms with van der Waals surface area (Å²) in [5, 5.41) is 0.960. The molecule has 0 aliphatic heterocycles. The lowest BCUT2D eigenvalue weighted by Crippen LogP contribution is -2.33. The molecule has 0 spiro atoms. The minimum absolute atomic E-state index is 0.118. The monoisotopic (exact) mass is 313 g/mol. The standard InChI is InChI=1S/C15H24BrNO/c1-4-7-15(11-16,8-5-2)12-17-9-6-13(3)10-14(17)18/h6,9-10H,4-5,7-8,11-12H2,1-3H3. The Morgan fingerprint density at radius 3 is 2.33 bits per heavy atom. The summed E-state index contributed by atoms with van der Waals surface area (Å²) in [6.45, 7) is 7.20. The molecule has 1 aromatic heterocycles. The molecule has 102 valence electrons. The van der Waals surface area contributed by atoms with Gasteiger partial charge in [0, 0.05) is 24.1 Å². The minimum atomic E-state index is 0.118. The molecule has 0 radical (unpaired) electrons. The van der Waals surface area contributed by atoms with Crippen molar-refractivity contribution < 1.29 is 0 Å². The first-order valence-electron chi connectivity index (χ1n) is 6.80. The SMILES string of the molecule is CCCC(CBr)(CCC)Cn1ccc(C)cc1=O. The summed E-state index contributed by atoms with van der Waals surface area (Å²) in [6.07, 6.45) is 6.57. The third kappa shape index (κ3) is 3.98. The maximum absolute atomic E-state index is 12.0. The van der Waals surface area contributed by atoms with Crippen molar-refractivity contribution in [1.29, 1.82) is 0 Å². The van der Waals surface area contributed by atoms with E-state index in [4.69, 9.17) is 0 Å². The molecule has 0 aliphatic rings. The summed E-state index contributed by atoms with van der Waals surface area (Å²) in [4.78, 5) is 12.0. The highest BCUT2D eigenvalue weighted by molar-refractivity contribution is 9.09. The van der Waals surface area contributed by atoms with Crippen LogP contribution in [0.15, 0.2) is 23.1 Å². The summed E-state index contributed by atoms with van der Waals surface area (Å²) < 4.78 is 1.86. The van der Waals surface area contributed by atoms with E-state index in [1.165, 1.54) is 0 Å². The Morgan fingerprint density at radius 1 is 1.28 bits per heavy atom. The molecule has 0 unspecified atom stereocenters. The molecule has 0 saturated heterocycles. The highest BCUT2D eigenvalue weighted by atomic mass is 79.9. The quantitative estimate of drug-likeness (QED) is 0.693. The summed E-state index contributed by atoms with van der Waals surface area (Å²) >= 11 is 3.66. The second-order valence-electron chi connectivity index (χ2n) is 5.30. The van der Waals surface area contributed by atoms with Crippen LogP contribution in [-0.4, -0.2) is 9.90 Å². The summed E-state index contributed by atoms with van der Waals surface area (Å²) in [5.74, 6) is 0. The van der Waals surface area contributed by atoms with Crippen molar-refractivity contribution in [3.8, 4) is 0 Å². The van der Waals surface area contributed by atoms with Gasteiger partial charge in [0.1, 0.15) is 0 Å². The smallest absolute Gasteiger partial charge is 0.250 e. The molecule has 2 nitrogen and oxygen atoms in total. The number of alkyl halides is 1. The van der Waals surface area contributed by atoms with Crippen LogP contribution in [0.25, 0.3) is 0 Å². The van der Waals surface area contributed by atoms with Crippen molar-refractivity contribution in [2.24, 2.45) is 5.41 Å².